The van der Waals surface area contributed by atoms with E-state index in [1.165, 1.54) is 33.5 Å². The van der Waals surface area contributed by atoms with Crippen LogP contribution in [-0.4, -0.2) is 56.9 Å². The fourth-order valence-corrected chi connectivity index (χ4v) is 6.68. The molecule has 202 valence electrons. The number of nitrogens with zero attached hydrogens (tertiary/aromatic N) is 2. The molecule has 1 saturated heterocycles. The summed E-state index contributed by atoms with van der Waals surface area (Å²) in [7, 11) is 0. The minimum absolute atomic E-state index is 0.00499. The molecular formula is C34H39N3O2. The van der Waals surface area contributed by atoms with Gasteiger partial charge in [0.1, 0.15) is 0 Å². The predicted molar refractivity (Wildman–Crippen MR) is 158 cm³/mol. The second kappa shape index (κ2) is 11.7. The summed E-state index contributed by atoms with van der Waals surface area (Å²) in [6, 6.07) is 26.9. The minimum Gasteiger partial charge on any atom is -0.378 e. The molecule has 3 heterocycles. The maximum Gasteiger partial charge on any atom is 0.317 e. The van der Waals surface area contributed by atoms with Crippen LogP contribution >= 0.6 is 0 Å². The Morgan fingerprint density at radius 3 is 2.00 bits per heavy atom. The van der Waals surface area contributed by atoms with Crippen molar-refractivity contribution in [1.29, 1.82) is 0 Å². The molecule has 2 amide bonds. The van der Waals surface area contributed by atoms with Crippen LogP contribution in [0.1, 0.15) is 52.5 Å². The molecule has 1 N–H and O–H groups in total. The maximum atomic E-state index is 12.7. The predicted octanol–water partition coefficient (Wildman–Crippen LogP) is 5.95. The number of ether oxygens (including phenoxy) is 1. The van der Waals surface area contributed by atoms with Crippen molar-refractivity contribution in [3.8, 4) is 0 Å². The molecule has 3 aromatic rings. The lowest BCUT2D eigenvalue weighted by atomic mass is 9.75. The lowest BCUT2D eigenvalue weighted by Crippen LogP contribution is -2.47. The summed E-state index contributed by atoms with van der Waals surface area (Å²) in [4.78, 5) is 17.2. The van der Waals surface area contributed by atoms with Gasteiger partial charge in [-0.05, 0) is 53.0 Å². The Balaban J connectivity index is 1.32. The summed E-state index contributed by atoms with van der Waals surface area (Å²) in [5.74, 6) is 0.955. The summed E-state index contributed by atoms with van der Waals surface area (Å²) in [5.41, 5.74) is 8.50. The molecule has 3 aliphatic heterocycles. The maximum absolute atomic E-state index is 12.7. The van der Waals surface area contributed by atoms with E-state index in [1.807, 2.05) is 11.0 Å². The van der Waals surface area contributed by atoms with Crippen LogP contribution < -0.4 is 10.2 Å². The Labute approximate surface area is 232 Å². The van der Waals surface area contributed by atoms with Gasteiger partial charge in [0.05, 0.1) is 13.2 Å². The van der Waals surface area contributed by atoms with Gasteiger partial charge in [0.2, 0.25) is 0 Å². The molecule has 0 aliphatic carbocycles. The van der Waals surface area contributed by atoms with Gasteiger partial charge in [0.15, 0.2) is 0 Å². The van der Waals surface area contributed by atoms with Crippen molar-refractivity contribution >= 4 is 11.7 Å². The Morgan fingerprint density at radius 1 is 0.897 bits per heavy atom. The molecule has 0 radical (unpaired) electrons. The largest absolute Gasteiger partial charge is 0.378 e. The van der Waals surface area contributed by atoms with Gasteiger partial charge in [-0.2, -0.15) is 0 Å². The molecule has 6 rings (SSSR count). The second-order valence-corrected chi connectivity index (χ2v) is 11.1. The highest BCUT2D eigenvalue weighted by atomic mass is 16.5. The Kier molecular flexibility index (Phi) is 7.69. The number of carbonyl (C=O) groups is 1. The van der Waals surface area contributed by atoms with Crippen LogP contribution in [0.2, 0.25) is 0 Å². The van der Waals surface area contributed by atoms with Crippen LogP contribution in [0.25, 0.3) is 0 Å². The molecule has 0 aromatic heterocycles. The standard InChI is InChI=1S/C34H39N3O2/c1-2-25(24-35-34(38)37-17-19-39-20-18-37)21-26-22-31-29(27-9-5-3-6-10-27)13-15-36-16-14-30(32(23-26)33(31)36)28-11-7-4-8-12-28/h2-12,22-23,25,29-30H,1,13-21,24H2,(H,35,38). The molecule has 0 spiro atoms. The number of hydrogen-bond donors (Lipinski definition) is 1. The molecule has 0 bridgehead atoms. The topological polar surface area (TPSA) is 44.8 Å². The summed E-state index contributed by atoms with van der Waals surface area (Å²) < 4.78 is 5.40. The van der Waals surface area contributed by atoms with Gasteiger partial charge in [-0.25, -0.2) is 4.79 Å². The van der Waals surface area contributed by atoms with E-state index in [9.17, 15) is 4.79 Å². The van der Waals surface area contributed by atoms with E-state index in [0.717, 1.165) is 32.4 Å². The smallest absolute Gasteiger partial charge is 0.317 e. The van der Waals surface area contributed by atoms with Crippen LogP contribution in [0, 0.1) is 5.92 Å². The summed E-state index contributed by atoms with van der Waals surface area (Å²) in [5, 5.41) is 3.15. The number of morpholine rings is 1. The lowest BCUT2D eigenvalue weighted by molar-refractivity contribution is 0.0531. The lowest BCUT2D eigenvalue weighted by Gasteiger charge is -2.43. The van der Waals surface area contributed by atoms with E-state index >= 15 is 0 Å². The van der Waals surface area contributed by atoms with E-state index in [-0.39, 0.29) is 11.9 Å². The van der Waals surface area contributed by atoms with E-state index in [2.05, 4.69) is 89.6 Å². The molecule has 3 atom stereocenters. The van der Waals surface area contributed by atoms with Crippen molar-refractivity contribution in [2.45, 2.75) is 31.1 Å². The van der Waals surface area contributed by atoms with Crippen molar-refractivity contribution < 1.29 is 9.53 Å². The Bertz CT molecular complexity index is 1210. The molecule has 3 aliphatic rings. The summed E-state index contributed by atoms with van der Waals surface area (Å²) in [6.45, 7) is 9.44. The van der Waals surface area contributed by atoms with Crippen LogP contribution in [0.4, 0.5) is 10.5 Å². The molecule has 0 saturated carbocycles. The Hall–Kier alpha value is -3.57. The van der Waals surface area contributed by atoms with Gasteiger partial charge < -0.3 is 19.9 Å². The zero-order chi connectivity index (χ0) is 26.6. The summed E-state index contributed by atoms with van der Waals surface area (Å²) in [6.07, 6.45) is 5.13. The third kappa shape index (κ3) is 5.46. The number of carbonyl (C=O) groups excluding carboxylic acids is 1. The second-order valence-electron chi connectivity index (χ2n) is 11.1. The monoisotopic (exact) mass is 521 g/mol. The van der Waals surface area contributed by atoms with Crippen molar-refractivity contribution in [1.82, 2.24) is 10.2 Å². The van der Waals surface area contributed by atoms with Crippen molar-refractivity contribution in [3.05, 3.63) is 113 Å². The molecule has 5 heteroatoms. The highest BCUT2D eigenvalue weighted by molar-refractivity contribution is 5.74. The number of hydrogen-bond acceptors (Lipinski definition) is 3. The minimum atomic E-state index is -0.00499. The zero-order valence-electron chi connectivity index (χ0n) is 22.7. The zero-order valence-corrected chi connectivity index (χ0v) is 22.7. The van der Waals surface area contributed by atoms with Crippen molar-refractivity contribution in [2.75, 3.05) is 50.8 Å². The molecule has 1 fully saturated rings. The quantitative estimate of drug-likeness (QED) is 0.391. The Morgan fingerprint density at radius 2 is 1.46 bits per heavy atom. The van der Waals surface area contributed by atoms with Gasteiger partial charge in [0.25, 0.3) is 0 Å². The first-order valence-electron chi connectivity index (χ1n) is 14.5. The average molecular weight is 522 g/mol. The number of nitrogens with one attached hydrogen (secondary N) is 1. The number of urea groups is 1. The van der Waals surface area contributed by atoms with Gasteiger partial charge in [-0.1, -0.05) is 78.9 Å². The highest BCUT2D eigenvalue weighted by Crippen LogP contribution is 2.49. The molecular weight excluding hydrogens is 482 g/mol. The van der Waals surface area contributed by atoms with Crippen LogP contribution in [-0.2, 0) is 11.2 Å². The van der Waals surface area contributed by atoms with E-state index in [0.29, 0.717) is 44.7 Å². The van der Waals surface area contributed by atoms with Gasteiger partial charge in [-0.15, -0.1) is 6.58 Å². The van der Waals surface area contributed by atoms with E-state index in [1.54, 1.807) is 0 Å². The van der Waals surface area contributed by atoms with Gasteiger partial charge in [0, 0.05) is 50.2 Å². The first-order valence-corrected chi connectivity index (χ1v) is 14.5. The molecule has 3 unspecified atom stereocenters. The first kappa shape index (κ1) is 25.7. The SMILES string of the molecule is C=CC(CNC(=O)N1CCOCC1)Cc1cc2c3c(c1)C(c1ccccc1)CCN3CCC2c1ccccc1. The number of benzene rings is 3. The van der Waals surface area contributed by atoms with Crippen molar-refractivity contribution in [2.24, 2.45) is 5.92 Å². The number of amides is 2. The number of anilines is 1. The van der Waals surface area contributed by atoms with E-state index < -0.39 is 0 Å². The number of rotatable bonds is 7. The van der Waals surface area contributed by atoms with E-state index in [4.69, 9.17) is 4.74 Å². The molecule has 5 nitrogen and oxygen atoms in total. The van der Waals surface area contributed by atoms with Crippen LogP contribution in [0.3, 0.4) is 0 Å². The highest BCUT2D eigenvalue weighted by Gasteiger charge is 2.35. The fraction of sp³-hybridized carbons (Fsp3) is 0.382. The van der Waals surface area contributed by atoms with Gasteiger partial charge >= 0.3 is 6.03 Å². The van der Waals surface area contributed by atoms with Gasteiger partial charge in [-0.3, -0.25) is 0 Å². The fourth-order valence-electron chi connectivity index (χ4n) is 6.68. The molecule has 39 heavy (non-hydrogen) atoms. The molecule has 3 aromatic carbocycles. The first-order chi connectivity index (χ1) is 19.2. The third-order valence-electron chi connectivity index (χ3n) is 8.72. The third-order valence-corrected chi connectivity index (χ3v) is 8.72. The van der Waals surface area contributed by atoms with Crippen molar-refractivity contribution in [3.63, 3.8) is 0 Å². The van der Waals surface area contributed by atoms with Crippen LogP contribution in [0.15, 0.2) is 85.5 Å². The average Bonchev–Trinajstić information content (AvgIpc) is 3.00. The summed E-state index contributed by atoms with van der Waals surface area (Å²) >= 11 is 0. The van der Waals surface area contributed by atoms with Crippen LogP contribution in [0.5, 0.6) is 0 Å². The normalized spacial score (nSPS) is 21.1.